The summed E-state index contributed by atoms with van der Waals surface area (Å²) in [4.78, 5) is 40.9. The highest BCUT2D eigenvalue weighted by Gasteiger charge is 2.35. The van der Waals surface area contributed by atoms with E-state index in [1.807, 2.05) is 17.0 Å². The lowest BCUT2D eigenvalue weighted by Gasteiger charge is -2.33. The summed E-state index contributed by atoms with van der Waals surface area (Å²) < 4.78 is 4.94. The molecule has 8 nitrogen and oxygen atoms in total. The van der Waals surface area contributed by atoms with Gasteiger partial charge in [0.25, 0.3) is 0 Å². The van der Waals surface area contributed by atoms with Crippen LogP contribution in [0.3, 0.4) is 0 Å². The summed E-state index contributed by atoms with van der Waals surface area (Å²) in [5.74, 6) is 1.11. The highest BCUT2D eigenvalue weighted by molar-refractivity contribution is 5.82. The number of rotatable bonds is 4. The first-order valence-electron chi connectivity index (χ1n) is 9.52. The van der Waals surface area contributed by atoms with Gasteiger partial charge in [0.05, 0.1) is 11.4 Å². The van der Waals surface area contributed by atoms with E-state index in [2.05, 4.69) is 15.0 Å². The summed E-state index contributed by atoms with van der Waals surface area (Å²) in [6.07, 6.45) is 4.32. The lowest BCUT2D eigenvalue weighted by Crippen LogP contribution is -2.47. The second kappa shape index (κ2) is 7.64. The number of carbonyl (C=O) groups is 2. The van der Waals surface area contributed by atoms with Crippen LogP contribution in [0.15, 0.2) is 18.3 Å². The van der Waals surface area contributed by atoms with Gasteiger partial charge in [-0.25, -0.2) is 9.97 Å². The molecule has 144 valence electrons. The third-order valence-corrected chi connectivity index (χ3v) is 5.55. The van der Waals surface area contributed by atoms with Gasteiger partial charge >= 0.3 is 0 Å². The van der Waals surface area contributed by atoms with Crippen LogP contribution >= 0.6 is 0 Å². The standard InChI is InChI=1S/C19H25N5O3/c1-27-12-16(25)23-8-3-4-14(11-23)19(26)24-9-6-13(10-24)17-21-15-5-2-7-20-18(15)22-17/h2,5,7,13-14H,3-4,6,8-12H2,1H3,(H,20,21,22). The number of hydrogen-bond donors (Lipinski definition) is 1. The van der Waals surface area contributed by atoms with Crippen LogP contribution in [0.1, 0.15) is 31.0 Å². The molecule has 2 fully saturated rings. The van der Waals surface area contributed by atoms with E-state index >= 15 is 0 Å². The van der Waals surface area contributed by atoms with Crippen LogP contribution in [-0.4, -0.2) is 76.5 Å². The molecule has 0 aliphatic carbocycles. The van der Waals surface area contributed by atoms with E-state index in [-0.39, 0.29) is 30.3 Å². The average Bonchev–Trinajstić information content (AvgIpc) is 3.34. The fourth-order valence-corrected chi connectivity index (χ4v) is 4.12. The minimum absolute atomic E-state index is 0.0379. The van der Waals surface area contributed by atoms with E-state index in [0.717, 1.165) is 42.8 Å². The lowest BCUT2D eigenvalue weighted by atomic mass is 9.96. The highest BCUT2D eigenvalue weighted by atomic mass is 16.5. The van der Waals surface area contributed by atoms with E-state index in [1.54, 1.807) is 11.1 Å². The molecule has 0 saturated carbocycles. The number of aromatic nitrogens is 3. The molecule has 4 rings (SSSR count). The summed E-state index contributed by atoms with van der Waals surface area (Å²) in [5.41, 5.74) is 1.65. The predicted molar refractivity (Wildman–Crippen MR) is 99.0 cm³/mol. The molecule has 0 bridgehead atoms. The van der Waals surface area contributed by atoms with E-state index < -0.39 is 0 Å². The highest BCUT2D eigenvalue weighted by Crippen LogP contribution is 2.29. The molecule has 27 heavy (non-hydrogen) atoms. The number of H-pyrrole nitrogens is 1. The monoisotopic (exact) mass is 371 g/mol. The molecule has 0 radical (unpaired) electrons. The first-order chi connectivity index (χ1) is 13.2. The van der Waals surface area contributed by atoms with Crippen molar-refractivity contribution in [3.8, 4) is 0 Å². The first-order valence-corrected chi connectivity index (χ1v) is 9.52. The molecular weight excluding hydrogens is 346 g/mol. The number of piperidine rings is 1. The Morgan fingerprint density at radius 2 is 2.15 bits per heavy atom. The first kappa shape index (κ1) is 17.9. The molecule has 8 heteroatoms. The van der Waals surface area contributed by atoms with E-state index in [1.165, 1.54) is 7.11 Å². The average molecular weight is 371 g/mol. The summed E-state index contributed by atoms with van der Waals surface area (Å²) >= 11 is 0. The number of fused-ring (bicyclic) bond motifs is 1. The number of ether oxygens (including phenoxy) is 1. The Kier molecular flexibility index (Phi) is 5.07. The van der Waals surface area contributed by atoms with Gasteiger partial charge in [0.15, 0.2) is 5.65 Å². The molecule has 2 aromatic heterocycles. The maximum atomic E-state index is 13.0. The molecule has 2 aliphatic rings. The summed E-state index contributed by atoms with van der Waals surface area (Å²) in [7, 11) is 1.52. The van der Waals surface area contributed by atoms with Gasteiger partial charge in [0, 0.05) is 45.4 Å². The number of pyridine rings is 1. The number of carbonyl (C=O) groups excluding carboxylic acids is 2. The molecule has 2 saturated heterocycles. The number of aromatic amines is 1. The minimum atomic E-state index is -0.115. The van der Waals surface area contributed by atoms with Crippen molar-refractivity contribution >= 4 is 23.0 Å². The Morgan fingerprint density at radius 1 is 1.26 bits per heavy atom. The summed E-state index contributed by atoms with van der Waals surface area (Å²) in [6, 6.07) is 3.85. The summed E-state index contributed by atoms with van der Waals surface area (Å²) in [6.45, 7) is 2.68. The molecule has 2 aliphatic heterocycles. The molecule has 4 heterocycles. The molecule has 2 atom stereocenters. The molecular formula is C19H25N5O3. The predicted octanol–water partition coefficient (Wildman–Crippen LogP) is 1.16. The van der Waals surface area contributed by atoms with Crippen molar-refractivity contribution in [2.24, 2.45) is 5.92 Å². The van der Waals surface area contributed by atoms with Crippen molar-refractivity contribution in [2.75, 3.05) is 39.9 Å². The molecule has 2 amide bonds. The number of methoxy groups -OCH3 is 1. The smallest absolute Gasteiger partial charge is 0.248 e. The third-order valence-electron chi connectivity index (χ3n) is 5.55. The molecule has 0 spiro atoms. The Morgan fingerprint density at radius 3 is 2.96 bits per heavy atom. The Labute approximate surface area is 157 Å². The topological polar surface area (TPSA) is 91.4 Å². The minimum Gasteiger partial charge on any atom is -0.375 e. The normalized spacial score (nSPS) is 23.1. The second-order valence-electron chi connectivity index (χ2n) is 7.38. The van der Waals surface area contributed by atoms with Crippen LogP contribution in [0.25, 0.3) is 11.2 Å². The Balaban J connectivity index is 1.39. The van der Waals surface area contributed by atoms with Gasteiger partial charge in [-0.1, -0.05) is 0 Å². The zero-order valence-corrected chi connectivity index (χ0v) is 15.6. The van der Waals surface area contributed by atoms with Gasteiger partial charge in [0.1, 0.15) is 12.4 Å². The fourth-order valence-electron chi connectivity index (χ4n) is 4.12. The lowest BCUT2D eigenvalue weighted by molar-refractivity contribution is -0.142. The maximum Gasteiger partial charge on any atom is 0.248 e. The summed E-state index contributed by atoms with van der Waals surface area (Å²) in [5, 5.41) is 0. The number of imidazole rings is 1. The molecule has 2 unspecified atom stereocenters. The van der Waals surface area contributed by atoms with Crippen molar-refractivity contribution in [3.63, 3.8) is 0 Å². The quantitative estimate of drug-likeness (QED) is 0.871. The molecule has 0 aromatic carbocycles. The van der Waals surface area contributed by atoms with Crippen molar-refractivity contribution in [2.45, 2.75) is 25.2 Å². The van der Waals surface area contributed by atoms with Crippen LogP contribution < -0.4 is 0 Å². The van der Waals surface area contributed by atoms with Gasteiger partial charge in [0.2, 0.25) is 11.8 Å². The second-order valence-corrected chi connectivity index (χ2v) is 7.38. The van der Waals surface area contributed by atoms with Crippen LogP contribution in [0.4, 0.5) is 0 Å². The van der Waals surface area contributed by atoms with Gasteiger partial charge in [-0.05, 0) is 31.4 Å². The zero-order valence-electron chi connectivity index (χ0n) is 15.6. The van der Waals surface area contributed by atoms with Gasteiger partial charge in [-0.3, -0.25) is 9.59 Å². The van der Waals surface area contributed by atoms with Crippen LogP contribution in [0.2, 0.25) is 0 Å². The van der Waals surface area contributed by atoms with Crippen molar-refractivity contribution in [3.05, 3.63) is 24.2 Å². The molecule has 1 N–H and O–H groups in total. The van der Waals surface area contributed by atoms with Crippen LogP contribution in [-0.2, 0) is 14.3 Å². The van der Waals surface area contributed by atoms with Gasteiger partial charge < -0.3 is 19.5 Å². The van der Waals surface area contributed by atoms with Crippen molar-refractivity contribution in [1.82, 2.24) is 24.8 Å². The van der Waals surface area contributed by atoms with Crippen molar-refractivity contribution < 1.29 is 14.3 Å². The number of nitrogens with zero attached hydrogens (tertiary/aromatic N) is 4. The van der Waals surface area contributed by atoms with Crippen LogP contribution in [0.5, 0.6) is 0 Å². The van der Waals surface area contributed by atoms with Gasteiger partial charge in [-0.15, -0.1) is 0 Å². The maximum absolute atomic E-state index is 13.0. The molecule has 2 aromatic rings. The number of hydrogen-bond acceptors (Lipinski definition) is 5. The van der Waals surface area contributed by atoms with Gasteiger partial charge in [-0.2, -0.15) is 0 Å². The Bertz CT molecular complexity index is 803. The van der Waals surface area contributed by atoms with Crippen LogP contribution in [0, 0.1) is 5.92 Å². The SMILES string of the molecule is COCC(=O)N1CCCC(C(=O)N2CCC(c3nc4ncccc4[nH]3)C2)C1. The van der Waals surface area contributed by atoms with E-state index in [0.29, 0.717) is 19.6 Å². The Hall–Kier alpha value is -2.48. The van der Waals surface area contributed by atoms with E-state index in [9.17, 15) is 9.59 Å². The third kappa shape index (κ3) is 3.66. The largest absolute Gasteiger partial charge is 0.375 e. The van der Waals surface area contributed by atoms with E-state index in [4.69, 9.17) is 4.74 Å². The number of likely N-dealkylation sites (tertiary alicyclic amines) is 2. The van der Waals surface area contributed by atoms with Crippen molar-refractivity contribution in [1.29, 1.82) is 0 Å². The fraction of sp³-hybridized carbons (Fsp3) is 0.579. The zero-order chi connectivity index (χ0) is 18.8. The number of amides is 2. The number of nitrogens with one attached hydrogen (secondary N) is 1.